The van der Waals surface area contributed by atoms with Crippen molar-refractivity contribution in [3.8, 4) is 0 Å². The average molecular weight is 245 g/mol. The van der Waals surface area contributed by atoms with E-state index >= 15 is 0 Å². The first kappa shape index (κ1) is 12.8. The molecule has 1 aromatic heterocycles. The number of hydrogen-bond donors (Lipinski definition) is 1. The molecule has 0 unspecified atom stereocenters. The molecule has 0 aromatic carbocycles. The van der Waals surface area contributed by atoms with Crippen LogP contribution in [0.25, 0.3) is 0 Å². The van der Waals surface area contributed by atoms with Crippen LogP contribution in [0, 0.1) is 0 Å². The Balaban J connectivity index is 3.40. The van der Waals surface area contributed by atoms with Gasteiger partial charge >= 0.3 is 12.4 Å². The van der Waals surface area contributed by atoms with E-state index in [1.807, 2.05) is 0 Å². The molecule has 1 rings (SSSR count). The first-order valence-corrected chi connectivity index (χ1v) is 3.91. The van der Waals surface area contributed by atoms with E-state index in [4.69, 9.17) is 5.11 Å². The van der Waals surface area contributed by atoms with E-state index in [1.54, 1.807) is 0 Å². The van der Waals surface area contributed by atoms with E-state index in [9.17, 15) is 26.3 Å². The van der Waals surface area contributed by atoms with Crippen LogP contribution in [-0.2, 0) is 19.0 Å². The van der Waals surface area contributed by atoms with Gasteiger partial charge in [0.05, 0.1) is 17.9 Å². The first-order chi connectivity index (χ1) is 7.16. The first-order valence-electron chi connectivity index (χ1n) is 3.91. The van der Waals surface area contributed by atoms with Crippen molar-refractivity contribution in [2.75, 3.05) is 0 Å². The third kappa shape index (κ3) is 2.63. The van der Waals surface area contributed by atoms with E-state index in [2.05, 4.69) is 4.98 Å². The number of aromatic nitrogens is 1. The van der Waals surface area contributed by atoms with Crippen molar-refractivity contribution in [2.24, 2.45) is 0 Å². The zero-order chi connectivity index (χ0) is 12.6. The summed E-state index contributed by atoms with van der Waals surface area (Å²) in [5.41, 5.74) is -4.37. The monoisotopic (exact) mass is 245 g/mol. The molecule has 0 radical (unpaired) electrons. The third-order valence-corrected chi connectivity index (χ3v) is 1.69. The maximum atomic E-state index is 12.3. The minimum absolute atomic E-state index is 0.251. The van der Waals surface area contributed by atoms with Crippen LogP contribution in [-0.4, -0.2) is 10.1 Å². The van der Waals surface area contributed by atoms with Gasteiger partial charge in [0.15, 0.2) is 5.69 Å². The SMILES string of the molecule is OCc1ccc(C(F)(F)F)c(C(F)(F)F)n1. The van der Waals surface area contributed by atoms with Gasteiger partial charge in [-0.15, -0.1) is 0 Å². The fraction of sp³-hybridized carbons (Fsp3) is 0.375. The second kappa shape index (κ2) is 3.93. The fourth-order valence-corrected chi connectivity index (χ4v) is 1.03. The summed E-state index contributed by atoms with van der Waals surface area (Å²) in [6.45, 7) is -0.860. The summed E-state index contributed by atoms with van der Waals surface area (Å²) >= 11 is 0. The summed E-state index contributed by atoms with van der Waals surface area (Å²) < 4.78 is 73.4. The maximum Gasteiger partial charge on any atom is 0.433 e. The van der Waals surface area contributed by atoms with Gasteiger partial charge in [-0.05, 0) is 12.1 Å². The van der Waals surface area contributed by atoms with E-state index < -0.39 is 35.9 Å². The Morgan fingerprint density at radius 2 is 1.56 bits per heavy atom. The van der Waals surface area contributed by atoms with Gasteiger partial charge in [0.1, 0.15) is 0 Å². The number of hydrogen-bond acceptors (Lipinski definition) is 2. The molecule has 0 saturated carbocycles. The molecule has 1 heterocycles. The molecule has 0 aliphatic rings. The number of rotatable bonds is 1. The zero-order valence-corrected chi connectivity index (χ0v) is 7.52. The van der Waals surface area contributed by atoms with Crippen LogP contribution in [0.2, 0.25) is 0 Å². The molecule has 0 aliphatic heterocycles. The predicted molar refractivity (Wildman–Crippen MR) is 40.2 cm³/mol. The molecule has 16 heavy (non-hydrogen) atoms. The fourth-order valence-electron chi connectivity index (χ4n) is 1.03. The van der Waals surface area contributed by atoms with Crippen LogP contribution in [0.5, 0.6) is 0 Å². The summed E-state index contributed by atoms with van der Waals surface area (Å²) in [5, 5.41) is 8.51. The Morgan fingerprint density at radius 1 is 1.00 bits per heavy atom. The molecule has 0 spiro atoms. The van der Waals surface area contributed by atoms with Crippen molar-refractivity contribution in [2.45, 2.75) is 19.0 Å². The minimum atomic E-state index is -5.21. The van der Waals surface area contributed by atoms with Crippen molar-refractivity contribution in [1.82, 2.24) is 4.98 Å². The third-order valence-electron chi connectivity index (χ3n) is 1.69. The molecule has 8 heteroatoms. The largest absolute Gasteiger partial charge is 0.433 e. The summed E-state index contributed by atoms with van der Waals surface area (Å²) in [4.78, 5) is 2.73. The van der Waals surface area contributed by atoms with Gasteiger partial charge in [0.2, 0.25) is 0 Å². The molecule has 1 N–H and O–H groups in total. The van der Waals surface area contributed by atoms with Crippen molar-refractivity contribution in [3.63, 3.8) is 0 Å². The number of aliphatic hydroxyl groups excluding tert-OH is 1. The molecule has 2 nitrogen and oxygen atoms in total. The molecule has 0 bridgehead atoms. The summed E-state index contributed by atoms with van der Waals surface area (Å²) in [6.07, 6.45) is -10.3. The molecule has 0 atom stereocenters. The Kier molecular flexibility index (Phi) is 3.13. The smallest absolute Gasteiger partial charge is 0.390 e. The van der Waals surface area contributed by atoms with E-state index in [1.165, 1.54) is 0 Å². The molecule has 0 fully saturated rings. The van der Waals surface area contributed by atoms with Gasteiger partial charge < -0.3 is 5.11 Å². The van der Waals surface area contributed by atoms with Gasteiger partial charge in [-0.3, -0.25) is 0 Å². The van der Waals surface area contributed by atoms with Crippen molar-refractivity contribution < 1.29 is 31.4 Å². The quantitative estimate of drug-likeness (QED) is 0.771. The number of pyridine rings is 1. The van der Waals surface area contributed by atoms with Gasteiger partial charge in [-0.2, -0.15) is 26.3 Å². The number of nitrogens with zero attached hydrogens (tertiary/aromatic N) is 1. The molecule has 1 aromatic rings. The highest BCUT2D eigenvalue weighted by atomic mass is 19.4. The molecule has 0 aliphatic carbocycles. The second-order valence-corrected chi connectivity index (χ2v) is 2.85. The standard InChI is InChI=1S/C8H5F6NO/c9-7(10,11)5-2-1-4(3-16)15-6(5)8(12,13)14/h1-2,16H,3H2. The Hall–Kier alpha value is -1.31. The summed E-state index contributed by atoms with van der Waals surface area (Å²) in [5.74, 6) is 0. The summed E-state index contributed by atoms with van der Waals surface area (Å²) in [7, 11) is 0. The Labute approximate surface area is 85.5 Å². The lowest BCUT2D eigenvalue weighted by Gasteiger charge is -2.14. The highest BCUT2D eigenvalue weighted by molar-refractivity contribution is 5.27. The van der Waals surface area contributed by atoms with Gasteiger partial charge in [0.25, 0.3) is 0 Å². The Morgan fingerprint density at radius 3 is 1.94 bits per heavy atom. The molecular weight excluding hydrogens is 240 g/mol. The molecule has 0 saturated heterocycles. The normalized spacial score (nSPS) is 12.9. The lowest BCUT2D eigenvalue weighted by atomic mass is 10.1. The highest BCUT2D eigenvalue weighted by Gasteiger charge is 2.44. The Bertz CT molecular complexity index is 383. The van der Waals surface area contributed by atoms with Gasteiger partial charge in [-0.1, -0.05) is 0 Å². The van der Waals surface area contributed by atoms with Crippen LogP contribution in [0.3, 0.4) is 0 Å². The number of aliphatic hydroxyl groups is 1. The van der Waals surface area contributed by atoms with E-state index in [-0.39, 0.29) is 6.07 Å². The maximum absolute atomic E-state index is 12.3. The van der Waals surface area contributed by atoms with Crippen LogP contribution in [0.4, 0.5) is 26.3 Å². The minimum Gasteiger partial charge on any atom is -0.390 e. The van der Waals surface area contributed by atoms with E-state index in [0.29, 0.717) is 6.07 Å². The van der Waals surface area contributed by atoms with Gasteiger partial charge in [-0.25, -0.2) is 4.98 Å². The molecule has 0 amide bonds. The lowest BCUT2D eigenvalue weighted by Crippen LogP contribution is -2.19. The predicted octanol–water partition coefficient (Wildman–Crippen LogP) is 2.61. The topological polar surface area (TPSA) is 33.1 Å². The molecular formula is C8H5F6NO. The van der Waals surface area contributed by atoms with Crippen molar-refractivity contribution in [3.05, 3.63) is 29.1 Å². The second-order valence-electron chi connectivity index (χ2n) is 2.85. The van der Waals surface area contributed by atoms with E-state index in [0.717, 1.165) is 0 Å². The zero-order valence-electron chi connectivity index (χ0n) is 7.52. The number of halogens is 6. The summed E-state index contributed by atoms with van der Waals surface area (Å²) in [6, 6.07) is 0.944. The van der Waals surface area contributed by atoms with Crippen LogP contribution in [0.15, 0.2) is 12.1 Å². The van der Waals surface area contributed by atoms with Crippen LogP contribution in [0.1, 0.15) is 17.0 Å². The van der Waals surface area contributed by atoms with Crippen molar-refractivity contribution in [1.29, 1.82) is 0 Å². The molecule has 90 valence electrons. The van der Waals surface area contributed by atoms with Crippen LogP contribution >= 0.6 is 0 Å². The lowest BCUT2D eigenvalue weighted by molar-refractivity contribution is -0.164. The van der Waals surface area contributed by atoms with Crippen molar-refractivity contribution >= 4 is 0 Å². The van der Waals surface area contributed by atoms with Gasteiger partial charge in [0, 0.05) is 0 Å². The average Bonchev–Trinajstić information content (AvgIpc) is 2.14. The highest BCUT2D eigenvalue weighted by Crippen LogP contribution is 2.39. The number of alkyl halides is 6. The van der Waals surface area contributed by atoms with Crippen LogP contribution < -0.4 is 0 Å².